The highest BCUT2D eigenvalue weighted by Crippen LogP contribution is 2.34. The van der Waals surface area contributed by atoms with Gasteiger partial charge in [-0.15, -0.1) is 0 Å². The van der Waals surface area contributed by atoms with E-state index in [1.807, 2.05) is 0 Å². The summed E-state index contributed by atoms with van der Waals surface area (Å²) in [5.74, 6) is -4.82. The number of rotatable bonds is 25. The number of carbonyl (C=O) groups is 4. The number of non-ortho nitro benzene ring substituents is 4. The van der Waals surface area contributed by atoms with Gasteiger partial charge in [-0.1, -0.05) is 68.3 Å². The van der Waals surface area contributed by atoms with Crippen molar-refractivity contribution in [3.8, 4) is 0 Å². The summed E-state index contributed by atoms with van der Waals surface area (Å²) in [6, 6.07) is 15.6. The van der Waals surface area contributed by atoms with E-state index in [0.717, 1.165) is 111 Å². The van der Waals surface area contributed by atoms with Crippen molar-refractivity contribution in [1.82, 2.24) is 0 Å². The summed E-state index contributed by atoms with van der Waals surface area (Å²) in [6.45, 7) is -1.98. The number of ether oxygens (including phenoxy) is 4. The first kappa shape index (κ1) is 66.2. The second kappa shape index (κ2) is 30.5. The maximum atomic E-state index is 15.6. The van der Waals surface area contributed by atoms with Crippen molar-refractivity contribution in [2.45, 2.75) is 41.7 Å². The molecule has 0 spiro atoms. The molecule has 0 radical (unpaired) electrons. The average Bonchev–Trinajstić information content (AvgIpc) is 3.58. The van der Waals surface area contributed by atoms with Gasteiger partial charge in [-0.25, -0.2) is 28.0 Å². The Labute approximate surface area is 483 Å². The van der Waals surface area contributed by atoms with Gasteiger partial charge in [0.2, 0.25) is 0 Å². The van der Waals surface area contributed by atoms with Gasteiger partial charge >= 0.3 is 23.9 Å². The van der Waals surface area contributed by atoms with E-state index in [9.17, 15) is 77.6 Å². The van der Waals surface area contributed by atoms with Crippen LogP contribution < -0.4 is 0 Å². The number of aliphatic hydroxyl groups is 1. The molecule has 0 saturated carbocycles. The van der Waals surface area contributed by atoms with E-state index in [4.69, 9.17) is 81.1 Å². The summed E-state index contributed by atoms with van der Waals surface area (Å²) in [5.41, 5.74) is -2.72. The molecule has 0 amide bonds. The SMILES string of the molecule is CON=C[C@@H](F)[C@H](OC(=O)c1ccc([N+](=O)[O-])cc1Cl)[C@@H](COC(=O)c1ccc([N+](=O)[O-])cc1)OS(=O)(=O)c1cc(Cl)c(Cl)cc1Cl.CON=C[C@@H](F)[C@H](OC(=O)c1ccc([N+](=O)[O-])cc1Cl)[C@H](O)COC(=O)c1ccc([N+](=O)[O-])cc1. The molecule has 0 unspecified atom stereocenters. The minimum absolute atomic E-state index is 0.0910. The third-order valence-corrected chi connectivity index (χ3v) is 13.3. The van der Waals surface area contributed by atoms with Crippen LogP contribution in [0.1, 0.15) is 41.4 Å². The zero-order valence-corrected chi connectivity index (χ0v) is 45.6. The molecule has 0 aliphatic carbocycles. The van der Waals surface area contributed by atoms with Crippen LogP contribution in [-0.4, -0.2) is 134 Å². The molecular weight excluding hydrogens is 1240 g/mol. The smallest absolute Gasteiger partial charge is 0.340 e. The van der Waals surface area contributed by atoms with Gasteiger partial charge in [-0.3, -0.25) is 44.6 Å². The highest BCUT2D eigenvalue weighted by molar-refractivity contribution is 7.87. The predicted molar refractivity (Wildman–Crippen MR) is 282 cm³/mol. The molecule has 5 aromatic carbocycles. The second-order valence-corrected chi connectivity index (χ2v) is 19.1. The van der Waals surface area contributed by atoms with E-state index in [0.29, 0.717) is 12.4 Å². The van der Waals surface area contributed by atoms with Gasteiger partial charge in [-0.05, 0) is 48.5 Å². The van der Waals surface area contributed by atoms with Gasteiger partial charge in [0.05, 0.1) is 79.5 Å². The summed E-state index contributed by atoms with van der Waals surface area (Å²) < 4.78 is 82.4. The van der Waals surface area contributed by atoms with Crippen LogP contribution in [0, 0.1) is 40.5 Å². The molecule has 28 nitrogen and oxygen atoms in total. The van der Waals surface area contributed by atoms with Gasteiger partial charge in [-0.2, -0.15) is 8.42 Å². The van der Waals surface area contributed by atoms with Crippen LogP contribution in [0.2, 0.25) is 25.1 Å². The zero-order chi connectivity index (χ0) is 61.2. The number of carbonyl (C=O) groups excluding carboxylic acids is 4. The Balaban J connectivity index is 0.000000368. The maximum Gasteiger partial charge on any atom is 0.340 e. The molecule has 0 aromatic heterocycles. The van der Waals surface area contributed by atoms with E-state index in [1.165, 1.54) is 0 Å². The Morgan fingerprint density at radius 2 is 0.927 bits per heavy atom. The Morgan fingerprint density at radius 1 is 0.549 bits per heavy atom. The van der Waals surface area contributed by atoms with Gasteiger partial charge in [0.25, 0.3) is 32.9 Å². The fraction of sp³-hybridized carbons (Fsp3) is 0.217. The standard InChI is InChI=1S/C26H18Cl4FN3O12S.C20H17ClFN3O10/c1-43-32-11-21(31)24(45-26(36)16-7-6-15(34(39)40)8-17(16)27)22(12-44-25(35)13-2-4-14(5-3-13)33(37)38)46-47(41,42)23-10-19(29)18(28)9-20(23)30;1-33-23-9-16(22)18(35-20(28)14-7-6-13(25(31)32)8-15(14)21)17(26)10-34-19(27)11-2-4-12(5-3-11)24(29)30/h2-11,21-22,24H,12H2,1H3;2-9,16-18,26H,10H2,1H3/t21-,22-,24+;16-,17-,18+/m11/s1. The molecule has 0 aliphatic rings. The Bertz CT molecular complexity index is 3390. The topological polar surface area (TPSA) is 385 Å². The van der Waals surface area contributed by atoms with E-state index in [2.05, 4.69) is 20.0 Å². The summed E-state index contributed by atoms with van der Waals surface area (Å²) in [4.78, 5) is 99.1. The minimum Gasteiger partial charge on any atom is -0.459 e. The number of nitrogens with zero attached hydrogens (tertiary/aromatic N) is 6. The quantitative estimate of drug-likeness (QED) is 0.0108. The predicted octanol–water partition coefficient (Wildman–Crippen LogP) is 9.11. The summed E-state index contributed by atoms with van der Waals surface area (Å²) in [7, 11) is -2.90. The van der Waals surface area contributed by atoms with Crippen LogP contribution in [0.15, 0.2) is 112 Å². The first-order valence-corrected chi connectivity index (χ1v) is 25.2. The number of oxime groups is 2. The summed E-state index contributed by atoms with van der Waals surface area (Å²) in [6.07, 6.45) is -12.1. The first-order valence-electron chi connectivity index (χ1n) is 21.9. The number of hydrogen-bond acceptors (Lipinski definition) is 24. The van der Waals surface area contributed by atoms with E-state index >= 15 is 4.39 Å². The van der Waals surface area contributed by atoms with E-state index in [-0.39, 0.29) is 43.1 Å². The average molecular weight is 1270 g/mol. The zero-order valence-electron chi connectivity index (χ0n) is 41.0. The lowest BCUT2D eigenvalue weighted by Crippen LogP contribution is -2.45. The number of nitro benzene ring substituents is 4. The van der Waals surface area contributed by atoms with Crippen molar-refractivity contribution < 1.29 is 94.0 Å². The van der Waals surface area contributed by atoms with Gasteiger partial charge < -0.3 is 33.7 Å². The van der Waals surface area contributed by atoms with Crippen molar-refractivity contribution in [1.29, 1.82) is 0 Å². The minimum atomic E-state index is -5.06. The summed E-state index contributed by atoms with van der Waals surface area (Å²) in [5, 5.41) is 58.6. The third-order valence-electron chi connectivity index (χ3n) is 10.1. The maximum absolute atomic E-state index is 15.6. The van der Waals surface area contributed by atoms with Crippen LogP contribution in [0.25, 0.3) is 0 Å². The molecular formula is C46H35Cl5F2N6O22S. The molecule has 36 heteroatoms. The largest absolute Gasteiger partial charge is 0.459 e. The molecule has 0 aliphatic heterocycles. The van der Waals surface area contributed by atoms with Gasteiger partial charge in [0.1, 0.15) is 38.4 Å². The number of halogens is 7. The van der Waals surface area contributed by atoms with Crippen LogP contribution in [-0.2, 0) is 42.9 Å². The van der Waals surface area contributed by atoms with Gasteiger partial charge in [0, 0.05) is 48.5 Å². The number of hydrogen-bond donors (Lipinski definition) is 1. The molecule has 0 heterocycles. The van der Waals surface area contributed by atoms with Crippen molar-refractivity contribution in [3.05, 3.63) is 185 Å². The highest BCUT2D eigenvalue weighted by Gasteiger charge is 2.40. The molecule has 5 rings (SSSR count). The van der Waals surface area contributed by atoms with E-state index in [1.54, 1.807) is 0 Å². The van der Waals surface area contributed by atoms with Crippen LogP contribution in [0.5, 0.6) is 0 Å². The molecule has 82 heavy (non-hydrogen) atoms. The molecule has 0 bridgehead atoms. The molecule has 436 valence electrons. The van der Waals surface area contributed by atoms with Crippen molar-refractivity contribution in [2.24, 2.45) is 10.3 Å². The third kappa shape index (κ3) is 18.6. The number of aliphatic hydroxyl groups excluding tert-OH is 1. The number of nitro groups is 4. The molecule has 5 aromatic rings. The molecule has 6 atom stereocenters. The molecule has 0 saturated heterocycles. The monoisotopic (exact) mass is 1270 g/mol. The van der Waals surface area contributed by atoms with Crippen LogP contribution in [0.3, 0.4) is 0 Å². The second-order valence-electron chi connectivity index (χ2n) is 15.5. The van der Waals surface area contributed by atoms with Crippen molar-refractivity contribution in [3.63, 3.8) is 0 Å². The fourth-order valence-corrected chi connectivity index (χ4v) is 8.71. The number of alkyl halides is 2. The Kier molecular flexibility index (Phi) is 24.6. The lowest BCUT2D eigenvalue weighted by atomic mass is 10.1. The number of benzene rings is 5. The lowest BCUT2D eigenvalue weighted by Gasteiger charge is -2.27. The van der Waals surface area contributed by atoms with E-state index < -0.39 is 136 Å². The Hall–Kier alpha value is -8.30. The molecule has 1 N–H and O–H groups in total. The van der Waals surface area contributed by atoms with Crippen LogP contribution in [0.4, 0.5) is 31.5 Å². The normalized spacial score (nSPS) is 13.4. The molecule has 0 fully saturated rings. The number of esters is 4. The summed E-state index contributed by atoms with van der Waals surface area (Å²) >= 11 is 29.7. The first-order chi connectivity index (χ1) is 38.6. The highest BCUT2D eigenvalue weighted by atomic mass is 35.5. The fourth-order valence-electron chi connectivity index (χ4n) is 6.16. The van der Waals surface area contributed by atoms with Crippen LogP contribution >= 0.6 is 58.0 Å². The van der Waals surface area contributed by atoms with Crippen molar-refractivity contribution >= 4 is 127 Å². The van der Waals surface area contributed by atoms with Gasteiger partial charge in [0.15, 0.2) is 30.7 Å². The Morgan fingerprint density at radius 3 is 1.33 bits per heavy atom. The van der Waals surface area contributed by atoms with Crippen molar-refractivity contribution in [2.75, 3.05) is 27.4 Å². The lowest BCUT2D eigenvalue weighted by molar-refractivity contribution is -0.385.